The summed E-state index contributed by atoms with van der Waals surface area (Å²) >= 11 is 0. The van der Waals surface area contributed by atoms with Gasteiger partial charge in [0.2, 0.25) is 0 Å². The highest BCUT2D eigenvalue weighted by Gasteiger charge is 2.32. The van der Waals surface area contributed by atoms with Crippen LogP contribution in [0.3, 0.4) is 0 Å². The van der Waals surface area contributed by atoms with E-state index in [-0.39, 0.29) is 24.2 Å². The SMILES string of the molecule is COC(=O)C(COc1ccccc1O)C1CCCC1. The Morgan fingerprint density at radius 2 is 2.05 bits per heavy atom. The average Bonchev–Trinajstić information content (AvgIpc) is 2.94. The third-order valence-electron chi connectivity index (χ3n) is 3.76. The van der Waals surface area contributed by atoms with Crippen molar-refractivity contribution in [1.82, 2.24) is 0 Å². The highest BCUT2D eigenvalue weighted by molar-refractivity contribution is 5.72. The smallest absolute Gasteiger partial charge is 0.312 e. The fourth-order valence-corrected chi connectivity index (χ4v) is 2.67. The summed E-state index contributed by atoms with van der Waals surface area (Å²) in [5, 5.41) is 9.64. The molecule has 0 radical (unpaired) electrons. The summed E-state index contributed by atoms with van der Waals surface area (Å²) in [5.74, 6) is 0.375. The van der Waals surface area contributed by atoms with E-state index < -0.39 is 0 Å². The molecule has 0 aromatic heterocycles. The second-order valence-corrected chi connectivity index (χ2v) is 4.95. The average molecular weight is 264 g/mol. The lowest BCUT2D eigenvalue weighted by Gasteiger charge is -2.21. The molecule has 104 valence electrons. The van der Waals surface area contributed by atoms with Gasteiger partial charge in [0, 0.05) is 0 Å². The number of hydrogen-bond donors (Lipinski definition) is 1. The van der Waals surface area contributed by atoms with Crippen molar-refractivity contribution in [3.05, 3.63) is 24.3 Å². The predicted octanol–water partition coefficient (Wildman–Crippen LogP) is 2.75. The van der Waals surface area contributed by atoms with E-state index in [2.05, 4.69) is 0 Å². The van der Waals surface area contributed by atoms with Crippen LogP contribution in [0, 0.1) is 11.8 Å². The summed E-state index contributed by atoms with van der Waals surface area (Å²) in [7, 11) is 1.41. The lowest BCUT2D eigenvalue weighted by Crippen LogP contribution is -2.29. The van der Waals surface area contributed by atoms with Gasteiger partial charge in [0.1, 0.15) is 6.61 Å². The molecule has 4 nitrogen and oxygen atoms in total. The van der Waals surface area contributed by atoms with E-state index in [0.717, 1.165) is 25.7 Å². The van der Waals surface area contributed by atoms with Crippen LogP contribution < -0.4 is 4.74 Å². The van der Waals surface area contributed by atoms with Gasteiger partial charge < -0.3 is 14.6 Å². The molecule has 0 saturated heterocycles. The zero-order valence-corrected chi connectivity index (χ0v) is 11.2. The van der Waals surface area contributed by atoms with Crippen molar-refractivity contribution in [3.63, 3.8) is 0 Å². The third kappa shape index (κ3) is 3.40. The Morgan fingerprint density at radius 3 is 2.68 bits per heavy atom. The van der Waals surface area contributed by atoms with Crippen LogP contribution in [0.15, 0.2) is 24.3 Å². The summed E-state index contributed by atoms with van der Waals surface area (Å²) in [5.41, 5.74) is 0. The Bertz CT molecular complexity index is 424. The number of rotatable bonds is 5. The number of carbonyl (C=O) groups excluding carboxylic acids is 1. The van der Waals surface area contributed by atoms with E-state index in [4.69, 9.17) is 9.47 Å². The molecule has 1 fully saturated rings. The van der Waals surface area contributed by atoms with Crippen molar-refractivity contribution in [1.29, 1.82) is 0 Å². The number of aromatic hydroxyl groups is 1. The molecule has 1 aromatic rings. The number of phenols is 1. The van der Waals surface area contributed by atoms with E-state index in [9.17, 15) is 9.90 Å². The quantitative estimate of drug-likeness (QED) is 0.831. The monoisotopic (exact) mass is 264 g/mol. The summed E-state index contributed by atoms with van der Waals surface area (Å²) in [6, 6.07) is 6.78. The molecule has 1 aliphatic rings. The summed E-state index contributed by atoms with van der Waals surface area (Å²) in [6.07, 6.45) is 4.41. The molecule has 1 atom stereocenters. The summed E-state index contributed by atoms with van der Waals surface area (Å²) in [4.78, 5) is 11.8. The van der Waals surface area contributed by atoms with Crippen molar-refractivity contribution in [2.24, 2.45) is 11.8 Å². The van der Waals surface area contributed by atoms with Crippen molar-refractivity contribution in [2.75, 3.05) is 13.7 Å². The molecule has 0 aliphatic heterocycles. The molecule has 19 heavy (non-hydrogen) atoms. The highest BCUT2D eigenvalue weighted by atomic mass is 16.5. The Kier molecular flexibility index (Phi) is 4.66. The first-order valence-electron chi connectivity index (χ1n) is 6.71. The highest BCUT2D eigenvalue weighted by Crippen LogP contribution is 2.33. The van der Waals surface area contributed by atoms with Crippen molar-refractivity contribution >= 4 is 5.97 Å². The molecule has 4 heteroatoms. The van der Waals surface area contributed by atoms with Crippen molar-refractivity contribution < 1.29 is 19.4 Å². The maximum Gasteiger partial charge on any atom is 0.312 e. The van der Waals surface area contributed by atoms with Crippen molar-refractivity contribution in [3.8, 4) is 11.5 Å². The topological polar surface area (TPSA) is 55.8 Å². The first kappa shape index (κ1) is 13.7. The molecule has 0 spiro atoms. The maximum atomic E-state index is 11.8. The van der Waals surface area contributed by atoms with Gasteiger partial charge in [-0.05, 0) is 30.9 Å². The van der Waals surface area contributed by atoms with E-state index >= 15 is 0 Å². The second-order valence-electron chi connectivity index (χ2n) is 4.95. The van der Waals surface area contributed by atoms with E-state index in [1.807, 2.05) is 0 Å². The minimum absolute atomic E-state index is 0.0949. The van der Waals surface area contributed by atoms with Gasteiger partial charge >= 0.3 is 5.97 Å². The summed E-state index contributed by atoms with van der Waals surface area (Å²) < 4.78 is 10.4. The van der Waals surface area contributed by atoms with Crippen LogP contribution in [0.25, 0.3) is 0 Å². The largest absolute Gasteiger partial charge is 0.504 e. The molecular formula is C15H20O4. The van der Waals surface area contributed by atoms with Gasteiger partial charge in [-0.15, -0.1) is 0 Å². The lowest BCUT2D eigenvalue weighted by molar-refractivity contribution is -0.148. The Hall–Kier alpha value is -1.71. The molecule has 1 N–H and O–H groups in total. The van der Waals surface area contributed by atoms with Crippen LogP contribution in [-0.4, -0.2) is 24.8 Å². The molecule has 1 saturated carbocycles. The lowest BCUT2D eigenvalue weighted by atomic mass is 9.91. The molecular weight excluding hydrogens is 244 g/mol. The third-order valence-corrected chi connectivity index (χ3v) is 3.76. The first-order valence-corrected chi connectivity index (χ1v) is 6.71. The van der Waals surface area contributed by atoms with Gasteiger partial charge in [0.15, 0.2) is 11.5 Å². The van der Waals surface area contributed by atoms with E-state index in [1.54, 1.807) is 24.3 Å². The number of methoxy groups -OCH3 is 1. The van der Waals surface area contributed by atoms with Gasteiger partial charge in [-0.25, -0.2) is 0 Å². The van der Waals surface area contributed by atoms with Crippen LogP contribution in [0.1, 0.15) is 25.7 Å². The Morgan fingerprint density at radius 1 is 1.37 bits per heavy atom. The second kappa shape index (κ2) is 6.45. The van der Waals surface area contributed by atoms with Crippen LogP contribution >= 0.6 is 0 Å². The van der Waals surface area contributed by atoms with Crippen LogP contribution in [0.4, 0.5) is 0 Å². The van der Waals surface area contributed by atoms with Crippen molar-refractivity contribution in [2.45, 2.75) is 25.7 Å². The molecule has 0 heterocycles. The Labute approximate surface area is 113 Å². The molecule has 1 aromatic carbocycles. The molecule has 1 aliphatic carbocycles. The van der Waals surface area contributed by atoms with Gasteiger partial charge in [0.25, 0.3) is 0 Å². The van der Waals surface area contributed by atoms with Crippen LogP contribution in [0.2, 0.25) is 0 Å². The maximum absolute atomic E-state index is 11.8. The predicted molar refractivity (Wildman–Crippen MR) is 71.1 cm³/mol. The minimum Gasteiger partial charge on any atom is -0.504 e. The Balaban J connectivity index is 2.00. The van der Waals surface area contributed by atoms with Gasteiger partial charge in [-0.1, -0.05) is 25.0 Å². The number of esters is 1. The normalized spacial score (nSPS) is 17.1. The van der Waals surface area contributed by atoms with E-state index in [1.165, 1.54) is 7.11 Å². The zero-order valence-electron chi connectivity index (χ0n) is 11.2. The van der Waals surface area contributed by atoms with Gasteiger partial charge in [-0.3, -0.25) is 4.79 Å². The molecule has 2 rings (SSSR count). The van der Waals surface area contributed by atoms with Crippen LogP contribution in [-0.2, 0) is 9.53 Å². The zero-order chi connectivity index (χ0) is 13.7. The van der Waals surface area contributed by atoms with E-state index in [0.29, 0.717) is 11.7 Å². The number of para-hydroxylation sites is 2. The number of phenolic OH excluding ortho intramolecular Hbond substituents is 1. The number of hydrogen-bond acceptors (Lipinski definition) is 4. The fourth-order valence-electron chi connectivity index (χ4n) is 2.67. The van der Waals surface area contributed by atoms with Crippen LogP contribution in [0.5, 0.6) is 11.5 Å². The summed E-state index contributed by atoms with van der Waals surface area (Å²) in [6.45, 7) is 0.259. The van der Waals surface area contributed by atoms with Gasteiger partial charge in [0.05, 0.1) is 13.0 Å². The number of carbonyl (C=O) groups is 1. The minimum atomic E-state index is -0.243. The standard InChI is InChI=1S/C15H20O4/c1-18-15(17)12(11-6-2-3-7-11)10-19-14-9-5-4-8-13(14)16/h4-5,8-9,11-12,16H,2-3,6-7,10H2,1H3. The molecule has 1 unspecified atom stereocenters. The molecule has 0 bridgehead atoms. The number of benzene rings is 1. The molecule has 0 amide bonds. The van der Waals surface area contributed by atoms with Gasteiger partial charge in [-0.2, -0.15) is 0 Å². The number of ether oxygens (including phenoxy) is 2. The fraction of sp³-hybridized carbons (Fsp3) is 0.533. The first-order chi connectivity index (χ1) is 9.22.